The lowest BCUT2D eigenvalue weighted by Crippen LogP contribution is -2.54. The molecule has 1 saturated heterocycles. The number of piperazine rings is 1. The number of anilines is 1. The molecule has 4 rings (SSSR count). The first-order chi connectivity index (χ1) is 15.1. The molecular formula is C24H29N3O4. The number of ether oxygens (including phenoxy) is 2. The second-order valence-corrected chi connectivity index (χ2v) is 7.98. The maximum absolute atomic E-state index is 13.1. The summed E-state index contributed by atoms with van der Waals surface area (Å²) in [6.45, 7) is 3.68. The van der Waals surface area contributed by atoms with Crippen molar-refractivity contribution in [3.8, 4) is 5.75 Å². The highest BCUT2D eigenvalue weighted by Crippen LogP contribution is 2.25. The van der Waals surface area contributed by atoms with Crippen molar-refractivity contribution in [1.29, 1.82) is 0 Å². The Bertz CT molecular complexity index is 923. The second-order valence-electron chi connectivity index (χ2n) is 7.98. The SMILES string of the molecule is COC(=O)[C@@H]1Cc2ccccc2CN1CC(=O)N1CCN(c2ccc(OC)cc2)CC1. The molecule has 0 aromatic heterocycles. The zero-order valence-electron chi connectivity index (χ0n) is 18.1. The Kier molecular flexibility index (Phi) is 6.42. The van der Waals surface area contributed by atoms with Crippen molar-refractivity contribution < 1.29 is 19.1 Å². The van der Waals surface area contributed by atoms with Crippen molar-refractivity contribution in [2.45, 2.75) is 19.0 Å². The number of esters is 1. The van der Waals surface area contributed by atoms with Gasteiger partial charge in [-0.05, 0) is 41.8 Å². The van der Waals surface area contributed by atoms with E-state index in [1.807, 2.05) is 52.3 Å². The van der Waals surface area contributed by atoms with Gasteiger partial charge in [0.15, 0.2) is 0 Å². The molecule has 2 aliphatic heterocycles. The zero-order chi connectivity index (χ0) is 21.8. The molecule has 0 radical (unpaired) electrons. The summed E-state index contributed by atoms with van der Waals surface area (Å²) in [6.07, 6.45) is 0.571. The molecule has 0 aliphatic carbocycles. The topological polar surface area (TPSA) is 62.3 Å². The molecule has 0 N–H and O–H groups in total. The Morgan fingerprint density at radius 2 is 1.61 bits per heavy atom. The highest BCUT2D eigenvalue weighted by atomic mass is 16.5. The predicted molar refractivity (Wildman–Crippen MR) is 118 cm³/mol. The third kappa shape index (κ3) is 4.66. The second kappa shape index (κ2) is 9.39. The molecule has 1 fully saturated rings. The molecule has 2 aromatic carbocycles. The molecule has 31 heavy (non-hydrogen) atoms. The van der Waals surface area contributed by atoms with E-state index in [9.17, 15) is 9.59 Å². The fraction of sp³-hybridized carbons (Fsp3) is 0.417. The lowest BCUT2D eigenvalue weighted by atomic mass is 9.94. The summed E-state index contributed by atoms with van der Waals surface area (Å²) in [5, 5.41) is 0. The minimum absolute atomic E-state index is 0.0580. The Morgan fingerprint density at radius 3 is 2.26 bits per heavy atom. The first-order valence-corrected chi connectivity index (χ1v) is 10.6. The average Bonchev–Trinajstić information content (AvgIpc) is 2.83. The van der Waals surface area contributed by atoms with Crippen molar-refractivity contribution in [3.05, 3.63) is 59.7 Å². The normalized spacial score (nSPS) is 19.0. The highest BCUT2D eigenvalue weighted by Gasteiger charge is 2.34. The van der Waals surface area contributed by atoms with Gasteiger partial charge in [0, 0.05) is 38.4 Å². The van der Waals surface area contributed by atoms with Crippen LogP contribution in [-0.4, -0.2) is 74.7 Å². The molecule has 7 nitrogen and oxygen atoms in total. The molecule has 0 spiro atoms. The van der Waals surface area contributed by atoms with E-state index in [4.69, 9.17) is 9.47 Å². The van der Waals surface area contributed by atoms with Crippen LogP contribution in [0.2, 0.25) is 0 Å². The van der Waals surface area contributed by atoms with E-state index in [1.165, 1.54) is 12.7 Å². The van der Waals surface area contributed by atoms with Gasteiger partial charge in [0.05, 0.1) is 20.8 Å². The summed E-state index contributed by atoms with van der Waals surface area (Å²) in [6, 6.07) is 15.7. The summed E-state index contributed by atoms with van der Waals surface area (Å²) in [5.74, 6) is 0.607. The van der Waals surface area contributed by atoms with Crippen molar-refractivity contribution in [2.75, 3.05) is 51.8 Å². The quantitative estimate of drug-likeness (QED) is 0.685. The Balaban J connectivity index is 1.37. The van der Waals surface area contributed by atoms with Crippen molar-refractivity contribution in [3.63, 3.8) is 0 Å². The van der Waals surface area contributed by atoms with Crippen molar-refractivity contribution >= 4 is 17.6 Å². The van der Waals surface area contributed by atoms with E-state index in [1.54, 1.807) is 7.11 Å². The van der Waals surface area contributed by atoms with Gasteiger partial charge in [-0.25, -0.2) is 0 Å². The van der Waals surface area contributed by atoms with Gasteiger partial charge >= 0.3 is 5.97 Å². The number of rotatable bonds is 5. The van der Waals surface area contributed by atoms with Gasteiger partial charge in [0.1, 0.15) is 11.8 Å². The van der Waals surface area contributed by atoms with Crippen LogP contribution in [0.1, 0.15) is 11.1 Å². The zero-order valence-corrected chi connectivity index (χ0v) is 18.1. The largest absolute Gasteiger partial charge is 0.497 e. The van der Waals surface area contributed by atoms with Crippen molar-refractivity contribution in [2.24, 2.45) is 0 Å². The first-order valence-electron chi connectivity index (χ1n) is 10.6. The van der Waals surface area contributed by atoms with E-state index in [2.05, 4.69) is 11.0 Å². The smallest absolute Gasteiger partial charge is 0.323 e. The molecule has 1 amide bonds. The number of carbonyl (C=O) groups excluding carboxylic acids is 2. The molecule has 7 heteroatoms. The van der Waals surface area contributed by atoms with Crippen LogP contribution in [-0.2, 0) is 27.3 Å². The summed E-state index contributed by atoms with van der Waals surface area (Å²) < 4.78 is 10.2. The van der Waals surface area contributed by atoms with Gasteiger partial charge in [0.2, 0.25) is 5.91 Å². The third-order valence-corrected chi connectivity index (χ3v) is 6.23. The predicted octanol–water partition coefficient (Wildman–Crippen LogP) is 1.94. The summed E-state index contributed by atoms with van der Waals surface area (Å²) in [7, 11) is 3.06. The average molecular weight is 424 g/mol. The molecule has 0 bridgehead atoms. The Labute approximate surface area is 183 Å². The molecule has 2 aliphatic rings. The molecule has 164 valence electrons. The van der Waals surface area contributed by atoms with Gasteiger partial charge in [-0.1, -0.05) is 24.3 Å². The molecule has 0 unspecified atom stereocenters. The number of hydrogen-bond acceptors (Lipinski definition) is 6. The minimum Gasteiger partial charge on any atom is -0.497 e. The Hall–Kier alpha value is -3.06. The van der Waals surface area contributed by atoms with Gasteiger partial charge < -0.3 is 19.3 Å². The number of methoxy groups -OCH3 is 2. The monoisotopic (exact) mass is 423 g/mol. The van der Waals surface area contributed by atoms with Gasteiger partial charge in [0.25, 0.3) is 0 Å². The van der Waals surface area contributed by atoms with Crippen LogP contribution in [0.15, 0.2) is 48.5 Å². The number of amides is 1. The first kappa shape index (κ1) is 21.2. The highest BCUT2D eigenvalue weighted by molar-refractivity contribution is 5.81. The summed E-state index contributed by atoms with van der Waals surface area (Å²) >= 11 is 0. The van der Waals surface area contributed by atoms with E-state index in [0.29, 0.717) is 26.1 Å². The molecular weight excluding hydrogens is 394 g/mol. The van der Waals surface area contributed by atoms with E-state index in [0.717, 1.165) is 30.1 Å². The number of fused-ring (bicyclic) bond motifs is 1. The third-order valence-electron chi connectivity index (χ3n) is 6.23. The lowest BCUT2D eigenvalue weighted by Gasteiger charge is -2.39. The van der Waals surface area contributed by atoms with Crippen LogP contribution in [0.5, 0.6) is 5.75 Å². The lowest BCUT2D eigenvalue weighted by molar-refractivity contribution is -0.149. The molecule has 2 aromatic rings. The standard InChI is InChI=1S/C24H29N3O4/c1-30-21-9-7-20(8-10-21)25-11-13-26(14-12-25)23(28)17-27-16-19-6-4-3-5-18(19)15-22(27)24(29)31-2/h3-10,22H,11-17H2,1-2H3/t22-/m0/s1. The van der Waals surface area contributed by atoms with E-state index >= 15 is 0 Å². The maximum atomic E-state index is 13.1. The Morgan fingerprint density at radius 1 is 0.935 bits per heavy atom. The van der Waals surface area contributed by atoms with Gasteiger partial charge in [-0.2, -0.15) is 0 Å². The number of carbonyl (C=O) groups is 2. The molecule has 0 saturated carbocycles. The van der Waals surface area contributed by atoms with Crippen molar-refractivity contribution in [1.82, 2.24) is 9.80 Å². The molecule has 2 heterocycles. The van der Waals surface area contributed by atoms with Crippen LogP contribution in [0.4, 0.5) is 5.69 Å². The number of hydrogen-bond donors (Lipinski definition) is 0. The fourth-order valence-corrected chi connectivity index (χ4v) is 4.39. The van der Waals surface area contributed by atoms with Gasteiger partial charge in [-0.15, -0.1) is 0 Å². The minimum atomic E-state index is -0.426. The van der Waals surface area contributed by atoms with Crippen LogP contribution in [0, 0.1) is 0 Å². The number of nitrogens with zero attached hydrogens (tertiary/aromatic N) is 3. The van der Waals surface area contributed by atoms with Crippen LogP contribution in [0.25, 0.3) is 0 Å². The van der Waals surface area contributed by atoms with E-state index in [-0.39, 0.29) is 18.4 Å². The van der Waals surface area contributed by atoms with Crippen LogP contribution in [0.3, 0.4) is 0 Å². The van der Waals surface area contributed by atoms with Crippen LogP contribution >= 0.6 is 0 Å². The number of benzene rings is 2. The molecule has 1 atom stereocenters. The van der Waals surface area contributed by atoms with Gasteiger partial charge in [-0.3, -0.25) is 14.5 Å². The van der Waals surface area contributed by atoms with E-state index < -0.39 is 6.04 Å². The fourth-order valence-electron chi connectivity index (χ4n) is 4.39. The summed E-state index contributed by atoms with van der Waals surface area (Å²) in [5.41, 5.74) is 3.45. The maximum Gasteiger partial charge on any atom is 0.323 e. The van der Waals surface area contributed by atoms with Crippen LogP contribution < -0.4 is 9.64 Å². The summed E-state index contributed by atoms with van der Waals surface area (Å²) in [4.78, 5) is 31.6.